The molecule has 0 aliphatic carbocycles. The number of benzene rings is 1. The van der Waals surface area contributed by atoms with Crippen LogP contribution in [0, 0.1) is 0 Å². The summed E-state index contributed by atoms with van der Waals surface area (Å²) in [5.41, 5.74) is 4.58. The van der Waals surface area contributed by atoms with Gasteiger partial charge in [-0.3, -0.25) is 14.4 Å². The normalized spacial score (nSPS) is 19.6. The van der Waals surface area contributed by atoms with Crippen LogP contribution in [0.5, 0.6) is 0 Å². The van der Waals surface area contributed by atoms with Crippen molar-refractivity contribution in [2.45, 2.75) is 39.0 Å². The van der Waals surface area contributed by atoms with Gasteiger partial charge >= 0.3 is 0 Å². The van der Waals surface area contributed by atoms with E-state index in [1.54, 1.807) is 0 Å². The van der Waals surface area contributed by atoms with Crippen molar-refractivity contribution in [3.8, 4) is 0 Å². The summed E-state index contributed by atoms with van der Waals surface area (Å²) < 4.78 is 1.84. The Balaban J connectivity index is 1.46. The number of nitrogens with zero attached hydrogens (tertiary/aromatic N) is 4. The van der Waals surface area contributed by atoms with E-state index in [1.165, 1.54) is 5.56 Å². The summed E-state index contributed by atoms with van der Waals surface area (Å²) in [5, 5.41) is 13.4. The molecular formula is C18H22N4O2. The number of carbonyl (C=O) groups excluding carboxylic acids is 1. The fourth-order valence-corrected chi connectivity index (χ4v) is 3.89. The maximum Gasteiger partial charge on any atom is 0.241 e. The number of hydrogen-bond donors (Lipinski definition) is 1. The summed E-state index contributed by atoms with van der Waals surface area (Å²) in [4.78, 5) is 17.0. The molecule has 1 aromatic carbocycles. The molecule has 126 valence electrons. The molecule has 24 heavy (non-hydrogen) atoms. The number of fused-ring (bicyclic) bond motifs is 2. The van der Waals surface area contributed by atoms with Crippen molar-refractivity contribution >= 4 is 11.6 Å². The quantitative estimate of drug-likeness (QED) is 0.916. The van der Waals surface area contributed by atoms with Crippen LogP contribution in [0.3, 0.4) is 0 Å². The number of para-hydroxylation sites is 1. The van der Waals surface area contributed by atoms with Crippen LogP contribution in [0.4, 0.5) is 5.69 Å². The number of carbonyl (C=O) groups is 1. The largest absolute Gasteiger partial charge is 0.394 e. The Morgan fingerprint density at radius 3 is 2.96 bits per heavy atom. The van der Waals surface area contributed by atoms with Gasteiger partial charge in [-0.1, -0.05) is 18.2 Å². The van der Waals surface area contributed by atoms with Gasteiger partial charge in [0.2, 0.25) is 5.91 Å². The summed E-state index contributed by atoms with van der Waals surface area (Å²) in [6, 6.07) is 8.38. The fourth-order valence-electron chi connectivity index (χ4n) is 3.89. The van der Waals surface area contributed by atoms with Gasteiger partial charge in [-0.05, 0) is 25.0 Å². The maximum atomic E-state index is 12.9. The molecule has 1 atom stereocenters. The van der Waals surface area contributed by atoms with Crippen LogP contribution in [-0.2, 0) is 30.8 Å². The molecule has 1 N–H and O–H groups in total. The number of aliphatic hydroxyl groups excluding tert-OH is 1. The van der Waals surface area contributed by atoms with E-state index < -0.39 is 0 Å². The van der Waals surface area contributed by atoms with E-state index in [-0.39, 0.29) is 18.6 Å². The molecule has 6 heteroatoms. The van der Waals surface area contributed by atoms with Gasteiger partial charge in [-0.15, -0.1) is 0 Å². The molecule has 2 aromatic rings. The van der Waals surface area contributed by atoms with Crippen LogP contribution in [0.25, 0.3) is 0 Å². The number of aromatic nitrogens is 2. The SMILES string of the molecule is C[C@H]1Cc2ccccc2N1C(=O)CN1Cc2cnn(CCO)c2C1. The number of amides is 1. The fraction of sp³-hybridized carbons (Fsp3) is 0.444. The molecule has 0 fully saturated rings. The second-order valence-electron chi connectivity index (χ2n) is 6.65. The minimum atomic E-state index is 0.0785. The van der Waals surface area contributed by atoms with Crippen molar-refractivity contribution in [3.63, 3.8) is 0 Å². The van der Waals surface area contributed by atoms with Crippen LogP contribution in [0.2, 0.25) is 0 Å². The van der Waals surface area contributed by atoms with E-state index >= 15 is 0 Å². The number of rotatable bonds is 4. The third-order valence-electron chi connectivity index (χ3n) is 4.95. The predicted octanol–water partition coefficient (Wildman–Crippen LogP) is 1.17. The average molecular weight is 326 g/mol. The van der Waals surface area contributed by atoms with Gasteiger partial charge in [0.25, 0.3) is 0 Å². The molecule has 3 heterocycles. The minimum Gasteiger partial charge on any atom is -0.394 e. The van der Waals surface area contributed by atoms with E-state index in [0.29, 0.717) is 19.6 Å². The van der Waals surface area contributed by atoms with Gasteiger partial charge in [0.1, 0.15) is 0 Å². The van der Waals surface area contributed by atoms with Gasteiger partial charge in [0, 0.05) is 30.4 Å². The predicted molar refractivity (Wildman–Crippen MR) is 90.5 cm³/mol. The van der Waals surface area contributed by atoms with E-state index in [9.17, 15) is 4.79 Å². The Bertz CT molecular complexity index is 770. The highest BCUT2D eigenvalue weighted by Crippen LogP contribution is 2.32. The Morgan fingerprint density at radius 1 is 1.29 bits per heavy atom. The van der Waals surface area contributed by atoms with Crippen molar-refractivity contribution in [3.05, 3.63) is 47.3 Å². The molecule has 0 unspecified atom stereocenters. The Kier molecular flexibility index (Phi) is 3.86. The molecule has 0 saturated heterocycles. The van der Waals surface area contributed by atoms with Crippen LogP contribution in [-0.4, -0.2) is 44.9 Å². The molecular weight excluding hydrogens is 304 g/mol. The van der Waals surface area contributed by atoms with Gasteiger partial charge in [-0.25, -0.2) is 0 Å². The molecule has 6 nitrogen and oxygen atoms in total. The monoisotopic (exact) mass is 326 g/mol. The van der Waals surface area contributed by atoms with Gasteiger partial charge in [0.15, 0.2) is 0 Å². The van der Waals surface area contributed by atoms with Crippen molar-refractivity contribution < 1.29 is 9.90 Å². The molecule has 2 aliphatic rings. The highest BCUT2D eigenvalue weighted by atomic mass is 16.3. The summed E-state index contributed by atoms with van der Waals surface area (Å²) in [6.07, 6.45) is 2.77. The number of hydrogen-bond acceptors (Lipinski definition) is 4. The first-order valence-electron chi connectivity index (χ1n) is 8.44. The Hall–Kier alpha value is -2.18. The highest BCUT2D eigenvalue weighted by molar-refractivity contribution is 5.97. The zero-order valence-electron chi connectivity index (χ0n) is 13.9. The van der Waals surface area contributed by atoms with Crippen molar-refractivity contribution in [2.24, 2.45) is 0 Å². The second-order valence-corrected chi connectivity index (χ2v) is 6.65. The molecule has 0 radical (unpaired) electrons. The topological polar surface area (TPSA) is 61.6 Å². The van der Waals surface area contributed by atoms with Crippen molar-refractivity contribution in [1.29, 1.82) is 0 Å². The van der Waals surface area contributed by atoms with E-state index in [4.69, 9.17) is 5.11 Å². The molecule has 1 amide bonds. The van der Waals surface area contributed by atoms with E-state index in [0.717, 1.165) is 29.9 Å². The zero-order valence-corrected chi connectivity index (χ0v) is 13.9. The summed E-state index contributed by atoms with van der Waals surface area (Å²) in [7, 11) is 0. The zero-order chi connectivity index (χ0) is 16.7. The first-order chi connectivity index (χ1) is 11.7. The Labute approximate surface area is 141 Å². The van der Waals surface area contributed by atoms with Gasteiger partial charge in [0.05, 0.1) is 31.6 Å². The van der Waals surface area contributed by atoms with Crippen LogP contribution in [0.15, 0.2) is 30.5 Å². The molecule has 4 rings (SSSR count). The second kappa shape index (κ2) is 6.03. The van der Waals surface area contributed by atoms with E-state index in [2.05, 4.69) is 23.0 Å². The first kappa shape index (κ1) is 15.4. The third kappa shape index (κ3) is 2.52. The number of aliphatic hydroxyl groups is 1. The summed E-state index contributed by atoms with van der Waals surface area (Å²) in [6.45, 7) is 4.56. The molecule has 0 bridgehead atoms. The lowest BCUT2D eigenvalue weighted by atomic mass is 10.1. The third-order valence-corrected chi connectivity index (χ3v) is 4.95. The molecule has 0 saturated carbocycles. The smallest absolute Gasteiger partial charge is 0.241 e. The standard InChI is InChI=1S/C18H22N4O2/c1-13-8-14-4-2-3-5-16(14)22(13)18(24)12-20-10-15-9-19-21(6-7-23)17(15)11-20/h2-5,9,13,23H,6-8,10-12H2,1H3/t13-/m0/s1. The number of anilines is 1. The maximum absolute atomic E-state index is 12.9. The van der Waals surface area contributed by atoms with Crippen molar-refractivity contribution in [2.75, 3.05) is 18.1 Å². The lowest BCUT2D eigenvalue weighted by molar-refractivity contribution is -0.120. The van der Waals surface area contributed by atoms with Gasteiger partial charge in [-0.2, -0.15) is 5.10 Å². The van der Waals surface area contributed by atoms with Crippen LogP contribution in [0.1, 0.15) is 23.7 Å². The van der Waals surface area contributed by atoms with Crippen LogP contribution >= 0.6 is 0 Å². The molecule has 1 aromatic heterocycles. The van der Waals surface area contributed by atoms with Crippen LogP contribution < -0.4 is 4.90 Å². The minimum absolute atomic E-state index is 0.0785. The Morgan fingerprint density at radius 2 is 2.12 bits per heavy atom. The first-order valence-corrected chi connectivity index (χ1v) is 8.44. The average Bonchev–Trinajstić information content (AvgIpc) is 3.20. The van der Waals surface area contributed by atoms with Gasteiger partial charge < -0.3 is 10.0 Å². The highest BCUT2D eigenvalue weighted by Gasteiger charge is 2.33. The summed E-state index contributed by atoms with van der Waals surface area (Å²) in [5.74, 6) is 0.152. The van der Waals surface area contributed by atoms with Crippen molar-refractivity contribution in [1.82, 2.24) is 14.7 Å². The molecule has 2 aliphatic heterocycles. The lowest BCUT2D eigenvalue weighted by Gasteiger charge is -2.25. The molecule has 0 spiro atoms. The van der Waals surface area contributed by atoms with E-state index in [1.807, 2.05) is 34.0 Å². The lowest BCUT2D eigenvalue weighted by Crippen LogP contribution is -2.42. The summed E-state index contributed by atoms with van der Waals surface area (Å²) >= 11 is 0.